The smallest absolute Gasteiger partial charge is 0.286 e. The highest BCUT2D eigenvalue weighted by atomic mass is 32.1. The molecule has 0 bridgehead atoms. The number of amides is 1. The molecule has 1 aliphatic rings. The van der Waals surface area contributed by atoms with E-state index in [0.717, 1.165) is 11.3 Å². The average Bonchev–Trinajstić information content (AvgIpc) is 3.24. The average molecular weight is 325 g/mol. The predicted octanol–water partition coefficient (Wildman–Crippen LogP) is 3.19. The largest absolute Gasteiger partial charge is 0.454 e. The van der Waals surface area contributed by atoms with Crippen LogP contribution in [0, 0.1) is 0 Å². The monoisotopic (exact) mass is 325 g/mol. The number of nitrogens with zero attached hydrogens (tertiary/aromatic N) is 2. The third-order valence-electron chi connectivity index (χ3n) is 3.27. The Hall–Kier alpha value is -2.93. The van der Waals surface area contributed by atoms with Crippen LogP contribution in [0.5, 0.6) is 11.5 Å². The molecule has 1 N–H and O–H groups in total. The summed E-state index contributed by atoms with van der Waals surface area (Å²) in [6, 6.07) is 14.8. The summed E-state index contributed by atoms with van der Waals surface area (Å²) in [5.41, 5.74) is 1.56. The molecule has 0 saturated carbocycles. The lowest BCUT2D eigenvalue weighted by Crippen LogP contribution is -2.11. The lowest BCUT2D eigenvalue weighted by atomic mass is 10.2. The quantitative estimate of drug-likeness (QED) is 0.800. The fourth-order valence-corrected chi connectivity index (χ4v) is 2.90. The van der Waals surface area contributed by atoms with Crippen LogP contribution >= 0.6 is 11.3 Å². The Bertz CT molecular complexity index is 864. The molecule has 7 heteroatoms. The summed E-state index contributed by atoms with van der Waals surface area (Å²) < 4.78 is 10.6. The number of benzene rings is 2. The van der Waals surface area contributed by atoms with E-state index in [1.54, 1.807) is 0 Å². The van der Waals surface area contributed by atoms with Gasteiger partial charge in [-0.1, -0.05) is 29.5 Å². The lowest BCUT2D eigenvalue weighted by molar-refractivity contribution is 0.102. The van der Waals surface area contributed by atoms with Gasteiger partial charge in [-0.2, -0.15) is 0 Å². The van der Waals surface area contributed by atoms with Crippen molar-refractivity contribution in [2.45, 2.75) is 0 Å². The van der Waals surface area contributed by atoms with Gasteiger partial charge in [0.2, 0.25) is 11.8 Å². The summed E-state index contributed by atoms with van der Waals surface area (Å²) in [4.78, 5) is 12.2. The Morgan fingerprint density at radius 2 is 1.87 bits per heavy atom. The minimum atomic E-state index is -0.277. The molecule has 0 spiro atoms. The lowest BCUT2D eigenvalue weighted by Gasteiger charge is -2.01. The van der Waals surface area contributed by atoms with Crippen LogP contribution in [-0.2, 0) is 0 Å². The first-order valence-corrected chi connectivity index (χ1v) is 7.71. The van der Waals surface area contributed by atoms with Crippen molar-refractivity contribution in [2.24, 2.45) is 0 Å². The fourth-order valence-electron chi connectivity index (χ4n) is 2.17. The molecule has 1 amide bonds. The molecule has 0 radical (unpaired) electrons. The molecule has 0 atom stereocenters. The fraction of sp³-hybridized carbons (Fsp3) is 0.0625. The van der Waals surface area contributed by atoms with Gasteiger partial charge in [0.15, 0.2) is 11.5 Å². The number of carbonyl (C=O) groups is 1. The van der Waals surface area contributed by atoms with Crippen LogP contribution in [0.2, 0.25) is 0 Å². The first-order valence-electron chi connectivity index (χ1n) is 6.89. The highest BCUT2D eigenvalue weighted by Crippen LogP contribution is 2.36. The highest BCUT2D eigenvalue weighted by Gasteiger charge is 2.18. The van der Waals surface area contributed by atoms with Gasteiger partial charge < -0.3 is 14.8 Å². The minimum Gasteiger partial charge on any atom is -0.454 e. The van der Waals surface area contributed by atoms with Crippen molar-refractivity contribution in [1.82, 2.24) is 10.2 Å². The number of fused-ring (bicyclic) bond motifs is 1. The number of aromatic nitrogens is 2. The number of nitrogens with one attached hydrogen (secondary N) is 1. The third kappa shape index (κ3) is 2.74. The zero-order chi connectivity index (χ0) is 15.6. The number of ether oxygens (including phenoxy) is 2. The number of hydrogen-bond donors (Lipinski definition) is 1. The molecule has 23 heavy (non-hydrogen) atoms. The van der Waals surface area contributed by atoms with Gasteiger partial charge >= 0.3 is 0 Å². The number of rotatable bonds is 3. The van der Waals surface area contributed by atoms with Crippen LogP contribution in [0.3, 0.4) is 0 Å². The van der Waals surface area contributed by atoms with Crippen molar-refractivity contribution < 1.29 is 14.3 Å². The molecule has 1 aliphatic heterocycles. The Morgan fingerprint density at radius 1 is 1.04 bits per heavy atom. The summed E-state index contributed by atoms with van der Waals surface area (Å²) in [6.07, 6.45) is 0. The highest BCUT2D eigenvalue weighted by molar-refractivity contribution is 7.16. The van der Waals surface area contributed by atoms with Crippen molar-refractivity contribution in [3.8, 4) is 22.1 Å². The molecule has 2 aromatic carbocycles. The maximum absolute atomic E-state index is 12.2. The van der Waals surface area contributed by atoms with E-state index in [0.29, 0.717) is 21.5 Å². The maximum Gasteiger partial charge on any atom is 0.286 e. The van der Waals surface area contributed by atoms with Gasteiger partial charge in [-0.05, 0) is 30.3 Å². The molecule has 1 aromatic heterocycles. The van der Waals surface area contributed by atoms with Crippen LogP contribution < -0.4 is 14.8 Å². The number of anilines is 1. The van der Waals surface area contributed by atoms with E-state index in [9.17, 15) is 4.79 Å². The molecular weight excluding hydrogens is 314 g/mol. The van der Waals surface area contributed by atoms with E-state index in [2.05, 4.69) is 15.5 Å². The molecule has 3 aromatic rings. The first kappa shape index (κ1) is 13.7. The molecule has 0 aliphatic carbocycles. The SMILES string of the molecule is O=C(Nc1ccccc1)c1nnc(-c2ccc3c(c2)OCO3)s1. The van der Waals surface area contributed by atoms with Crippen LogP contribution in [0.25, 0.3) is 10.6 Å². The summed E-state index contributed by atoms with van der Waals surface area (Å²) in [5.74, 6) is 1.11. The van der Waals surface area contributed by atoms with E-state index in [1.165, 1.54) is 11.3 Å². The molecule has 0 fully saturated rings. The molecule has 6 nitrogen and oxygen atoms in total. The van der Waals surface area contributed by atoms with E-state index in [4.69, 9.17) is 9.47 Å². The standard InChI is InChI=1S/C16H11N3O3S/c20-14(17-11-4-2-1-3-5-11)16-19-18-15(23-16)10-6-7-12-13(8-10)22-9-21-12/h1-8H,9H2,(H,17,20). The normalized spacial score (nSPS) is 12.2. The second-order valence-corrected chi connectivity index (χ2v) is 5.78. The van der Waals surface area contributed by atoms with Crippen LogP contribution in [0.15, 0.2) is 48.5 Å². The van der Waals surface area contributed by atoms with Crippen LogP contribution in [0.4, 0.5) is 5.69 Å². The molecule has 0 unspecified atom stereocenters. The summed E-state index contributed by atoms with van der Waals surface area (Å²) in [5, 5.41) is 11.8. The van der Waals surface area contributed by atoms with Gasteiger partial charge in [0.1, 0.15) is 5.01 Å². The van der Waals surface area contributed by atoms with E-state index >= 15 is 0 Å². The van der Waals surface area contributed by atoms with Gasteiger partial charge in [0.05, 0.1) is 0 Å². The Balaban J connectivity index is 1.56. The Morgan fingerprint density at radius 3 is 2.74 bits per heavy atom. The molecule has 4 rings (SSSR count). The topological polar surface area (TPSA) is 73.3 Å². The summed E-state index contributed by atoms with van der Waals surface area (Å²) in [6.45, 7) is 0.222. The molecular formula is C16H11N3O3S. The van der Waals surface area contributed by atoms with Gasteiger partial charge in [-0.3, -0.25) is 4.79 Å². The summed E-state index contributed by atoms with van der Waals surface area (Å²) >= 11 is 1.23. The van der Waals surface area contributed by atoms with Crippen molar-refractivity contribution in [3.05, 3.63) is 53.5 Å². The van der Waals surface area contributed by atoms with Crippen molar-refractivity contribution in [1.29, 1.82) is 0 Å². The molecule has 114 valence electrons. The van der Waals surface area contributed by atoms with Gasteiger partial charge in [0.25, 0.3) is 5.91 Å². The Kier molecular flexibility index (Phi) is 3.39. The van der Waals surface area contributed by atoms with Gasteiger partial charge in [-0.15, -0.1) is 10.2 Å². The number of para-hydroxylation sites is 1. The number of carbonyl (C=O) groups excluding carboxylic acids is 1. The van der Waals surface area contributed by atoms with Gasteiger partial charge in [0, 0.05) is 11.3 Å². The van der Waals surface area contributed by atoms with Crippen LogP contribution in [-0.4, -0.2) is 22.9 Å². The van der Waals surface area contributed by atoms with E-state index < -0.39 is 0 Å². The Labute approximate surface area is 135 Å². The van der Waals surface area contributed by atoms with Crippen molar-refractivity contribution in [3.63, 3.8) is 0 Å². The second-order valence-electron chi connectivity index (χ2n) is 4.80. The predicted molar refractivity (Wildman–Crippen MR) is 85.9 cm³/mol. The van der Waals surface area contributed by atoms with E-state index in [-0.39, 0.29) is 12.7 Å². The van der Waals surface area contributed by atoms with Gasteiger partial charge in [-0.25, -0.2) is 0 Å². The van der Waals surface area contributed by atoms with E-state index in [1.807, 2.05) is 48.5 Å². The molecule has 0 saturated heterocycles. The first-order chi connectivity index (χ1) is 11.3. The molecule has 2 heterocycles. The third-order valence-corrected chi connectivity index (χ3v) is 4.24. The zero-order valence-electron chi connectivity index (χ0n) is 11.9. The van der Waals surface area contributed by atoms with Crippen molar-refractivity contribution in [2.75, 3.05) is 12.1 Å². The maximum atomic E-state index is 12.2. The second kappa shape index (κ2) is 5.69. The minimum absolute atomic E-state index is 0.222. The number of hydrogen-bond acceptors (Lipinski definition) is 6. The zero-order valence-corrected chi connectivity index (χ0v) is 12.7. The van der Waals surface area contributed by atoms with Crippen LogP contribution in [0.1, 0.15) is 9.80 Å². The summed E-state index contributed by atoms with van der Waals surface area (Å²) in [7, 11) is 0. The van der Waals surface area contributed by atoms with Crippen molar-refractivity contribution >= 4 is 22.9 Å².